The smallest absolute Gasteiger partial charge is 0.295 e. The predicted molar refractivity (Wildman–Crippen MR) is 89.5 cm³/mol. The molecule has 0 saturated carbocycles. The molecule has 0 bridgehead atoms. The Bertz CT molecular complexity index is 869. The van der Waals surface area contributed by atoms with Gasteiger partial charge in [-0.05, 0) is 30.3 Å². The first kappa shape index (κ1) is 15.5. The molecule has 6 nitrogen and oxygen atoms in total. The van der Waals surface area contributed by atoms with Gasteiger partial charge in [0.2, 0.25) is 10.0 Å². The Morgan fingerprint density at radius 2 is 1.74 bits per heavy atom. The first-order chi connectivity index (χ1) is 11.1. The van der Waals surface area contributed by atoms with Crippen molar-refractivity contribution in [2.75, 3.05) is 12.4 Å². The van der Waals surface area contributed by atoms with Crippen LogP contribution in [0, 0.1) is 0 Å². The molecule has 0 aliphatic heterocycles. The zero-order valence-corrected chi connectivity index (χ0v) is 13.4. The zero-order valence-electron chi connectivity index (χ0n) is 12.6. The number of hydrogen-bond donors (Lipinski definition) is 2. The highest BCUT2D eigenvalue weighted by atomic mass is 32.2. The highest BCUT2D eigenvalue weighted by Gasteiger charge is 2.08. The molecular weight excluding hydrogens is 314 g/mol. The van der Waals surface area contributed by atoms with E-state index < -0.39 is 10.0 Å². The van der Waals surface area contributed by atoms with Crippen molar-refractivity contribution in [3.05, 3.63) is 59.7 Å². The number of nitrogens with one attached hydrogen (secondary N) is 2. The summed E-state index contributed by atoms with van der Waals surface area (Å²) in [5.74, 6) is -0.0255. The lowest BCUT2D eigenvalue weighted by Gasteiger charge is -2.05. The van der Waals surface area contributed by atoms with E-state index in [9.17, 15) is 8.42 Å². The summed E-state index contributed by atoms with van der Waals surface area (Å²) in [4.78, 5) is 4.34. The van der Waals surface area contributed by atoms with Gasteiger partial charge in [-0.1, -0.05) is 36.4 Å². The van der Waals surface area contributed by atoms with Crippen LogP contribution < -0.4 is 10.0 Å². The summed E-state index contributed by atoms with van der Waals surface area (Å²) in [5, 5.41) is 3.12. The summed E-state index contributed by atoms with van der Waals surface area (Å²) in [6.07, 6.45) is 0. The third kappa shape index (κ3) is 3.88. The minimum Gasteiger partial charge on any atom is -0.424 e. The van der Waals surface area contributed by atoms with Crippen LogP contribution in [-0.2, 0) is 22.3 Å². The van der Waals surface area contributed by atoms with Crippen molar-refractivity contribution in [1.82, 2.24) is 9.71 Å². The fourth-order valence-corrected chi connectivity index (χ4v) is 2.95. The highest BCUT2D eigenvalue weighted by Crippen LogP contribution is 2.18. The quantitative estimate of drug-likeness (QED) is 0.725. The average molecular weight is 331 g/mol. The van der Waals surface area contributed by atoms with E-state index in [1.807, 2.05) is 36.4 Å². The lowest BCUT2D eigenvalue weighted by molar-refractivity contribution is 0.587. The highest BCUT2D eigenvalue weighted by molar-refractivity contribution is 7.88. The molecule has 0 amide bonds. The molecular formula is C16H17N3O3S. The maximum atomic E-state index is 11.5. The zero-order chi connectivity index (χ0) is 16.3. The second-order valence-electron chi connectivity index (χ2n) is 5.12. The van der Waals surface area contributed by atoms with E-state index in [4.69, 9.17) is 4.42 Å². The monoisotopic (exact) mass is 331 g/mol. The summed E-state index contributed by atoms with van der Waals surface area (Å²) < 4.78 is 30.9. The van der Waals surface area contributed by atoms with Crippen LogP contribution in [0.15, 0.2) is 52.9 Å². The first-order valence-corrected chi connectivity index (χ1v) is 8.79. The third-order valence-corrected chi connectivity index (χ3v) is 4.76. The van der Waals surface area contributed by atoms with Gasteiger partial charge in [0.15, 0.2) is 5.58 Å². The lowest BCUT2D eigenvalue weighted by atomic mass is 10.1. The van der Waals surface area contributed by atoms with E-state index in [2.05, 4.69) is 15.0 Å². The molecule has 0 atom stereocenters. The molecule has 3 aromatic rings. The van der Waals surface area contributed by atoms with Crippen molar-refractivity contribution in [2.24, 2.45) is 0 Å². The predicted octanol–water partition coefficient (Wildman–Crippen LogP) is 2.49. The molecule has 2 N–H and O–H groups in total. The Labute approximate surface area is 134 Å². The number of para-hydroxylation sites is 2. The molecule has 0 unspecified atom stereocenters. The minimum absolute atomic E-state index is 0.0255. The van der Waals surface area contributed by atoms with E-state index in [1.165, 1.54) is 7.05 Å². The molecule has 23 heavy (non-hydrogen) atoms. The number of rotatable bonds is 6. The van der Waals surface area contributed by atoms with Crippen LogP contribution >= 0.6 is 0 Å². The first-order valence-electron chi connectivity index (χ1n) is 7.14. The number of anilines is 1. The second-order valence-corrected chi connectivity index (χ2v) is 7.05. The molecule has 2 aromatic carbocycles. The van der Waals surface area contributed by atoms with Gasteiger partial charge in [0.1, 0.15) is 5.52 Å². The van der Waals surface area contributed by atoms with E-state index in [1.54, 1.807) is 12.1 Å². The maximum absolute atomic E-state index is 11.5. The van der Waals surface area contributed by atoms with Gasteiger partial charge in [0.25, 0.3) is 6.01 Å². The summed E-state index contributed by atoms with van der Waals surface area (Å²) in [6.45, 7) is 0.547. The number of aromatic nitrogens is 1. The van der Waals surface area contributed by atoms with E-state index in [0.29, 0.717) is 12.6 Å². The minimum atomic E-state index is -3.25. The summed E-state index contributed by atoms with van der Waals surface area (Å²) in [5.41, 5.74) is 3.30. The third-order valence-electron chi connectivity index (χ3n) is 3.43. The molecule has 120 valence electrons. The molecule has 0 saturated heterocycles. The van der Waals surface area contributed by atoms with Crippen LogP contribution in [0.25, 0.3) is 11.1 Å². The van der Waals surface area contributed by atoms with Gasteiger partial charge in [0.05, 0.1) is 5.75 Å². The maximum Gasteiger partial charge on any atom is 0.295 e. The van der Waals surface area contributed by atoms with E-state index in [-0.39, 0.29) is 5.75 Å². The van der Waals surface area contributed by atoms with Crippen LogP contribution in [0.4, 0.5) is 6.01 Å². The average Bonchev–Trinajstić information content (AvgIpc) is 2.97. The van der Waals surface area contributed by atoms with Crippen molar-refractivity contribution < 1.29 is 12.8 Å². The largest absolute Gasteiger partial charge is 0.424 e. The molecule has 0 fully saturated rings. The molecule has 0 aliphatic carbocycles. The van der Waals surface area contributed by atoms with Crippen molar-refractivity contribution in [2.45, 2.75) is 12.3 Å². The Balaban J connectivity index is 1.64. The molecule has 3 rings (SSSR count). The fraction of sp³-hybridized carbons (Fsp3) is 0.188. The van der Waals surface area contributed by atoms with E-state index in [0.717, 1.165) is 22.2 Å². The topological polar surface area (TPSA) is 84.2 Å². The van der Waals surface area contributed by atoms with Gasteiger partial charge in [-0.3, -0.25) is 0 Å². The van der Waals surface area contributed by atoms with Crippen LogP contribution in [0.1, 0.15) is 11.1 Å². The van der Waals surface area contributed by atoms with Crippen molar-refractivity contribution in [1.29, 1.82) is 0 Å². The number of nitrogens with zero attached hydrogens (tertiary/aromatic N) is 1. The van der Waals surface area contributed by atoms with Gasteiger partial charge in [0, 0.05) is 6.54 Å². The molecule has 7 heteroatoms. The van der Waals surface area contributed by atoms with Crippen molar-refractivity contribution in [3.8, 4) is 0 Å². The van der Waals surface area contributed by atoms with Crippen molar-refractivity contribution in [3.63, 3.8) is 0 Å². The molecule has 1 heterocycles. The molecule has 0 aliphatic rings. The van der Waals surface area contributed by atoms with E-state index >= 15 is 0 Å². The number of sulfonamides is 1. The van der Waals surface area contributed by atoms with Crippen LogP contribution in [-0.4, -0.2) is 20.4 Å². The Kier molecular flexibility index (Phi) is 4.31. The Morgan fingerprint density at radius 3 is 2.43 bits per heavy atom. The molecule has 0 spiro atoms. The Morgan fingerprint density at radius 1 is 1.04 bits per heavy atom. The summed E-state index contributed by atoms with van der Waals surface area (Å²) in [7, 11) is -1.84. The fourth-order valence-electron chi connectivity index (χ4n) is 2.17. The summed E-state index contributed by atoms with van der Waals surface area (Å²) in [6, 6.07) is 15.4. The number of fused-ring (bicyclic) bond motifs is 1. The van der Waals surface area contributed by atoms with Crippen molar-refractivity contribution >= 4 is 27.1 Å². The normalized spacial score (nSPS) is 11.7. The van der Waals surface area contributed by atoms with Gasteiger partial charge >= 0.3 is 0 Å². The summed E-state index contributed by atoms with van der Waals surface area (Å²) >= 11 is 0. The van der Waals surface area contributed by atoms with Crippen LogP contribution in [0.3, 0.4) is 0 Å². The Hall–Kier alpha value is -2.38. The standard InChI is InChI=1S/C16H17N3O3S/c1-17-23(20,21)11-13-8-6-12(7-9-13)10-18-16-19-14-4-2-3-5-15(14)22-16/h2-9,17H,10-11H2,1H3,(H,18,19). The van der Waals surface area contributed by atoms with Gasteiger partial charge in [-0.15, -0.1) is 0 Å². The molecule has 1 aromatic heterocycles. The SMILES string of the molecule is CNS(=O)(=O)Cc1ccc(CNc2nc3ccccc3o2)cc1. The number of benzene rings is 2. The molecule has 0 radical (unpaired) electrons. The second kappa shape index (κ2) is 6.39. The number of oxazole rings is 1. The van der Waals surface area contributed by atoms with Gasteiger partial charge in [-0.2, -0.15) is 4.98 Å². The van der Waals surface area contributed by atoms with Crippen LogP contribution in [0.5, 0.6) is 0 Å². The number of hydrogen-bond acceptors (Lipinski definition) is 5. The lowest BCUT2D eigenvalue weighted by Crippen LogP contribution is -2.20. The van der Waals surface area contributed by atoms with Gasteiger partial charge in [-0.25, -0.2) is 13.1 Å². The van der Waals surface area contributed by atoms with Crippen LogP contribution in [0.2, 0.25) is 0 Å². The van der Waals surface area contributed by atoms with Gasteiger partial charge < -0.3 is 9.73 Å².